The number of nitrogens with zero attached hydrogens (tertiary/aromatic N) is 1. The normalized spacial score (nSPS) is 11.2. The van der Waals surface area contributed by atoms with Gasteiger partial charge in [0.2, 0.25) is 0 Å². The van der Waals surface area contributed by atoms with E-state index in [0.29, 0.717) is 30.6 Å². The Labute approximate surface area is 112 Å². The van der Waals surface area contributed by atoms with Gasteiger partial charge in [0.15, 0.2) is 0 Å². The highest BCUT2D eigenvalue weighted by molar-refractivity contribution is 6.31. The quantitative estimate of drug-likeness (QED) is 0.617. The van der Waals surface area contributed by atoms with Crippen molar-refractivity contribution in [2.75, 3.05) is 6.54 Å². The van der Waals surface area contributed by atoms with Gasteiger partial charge in [0.1, 0.15) is 5.82 Å². The summed E-state index contributed by atoms with van der Waals surface area (Å²) < 4.78 is 13.0. The highest BCUT2D eigenvalue weighted by Gasteiger charge is 2.12. The van der Waals surface area contributed by atoms with Crippen LogP contribution >= 0.6 is 11.6 Å². The molecule has 0 unspecified atom stereocenters. The van der Waals surface area contributed by atoms with E-state index >= 15 is 0 Å². The Bertz CT molecular complexity index is 421. The molecule has 0 fully saturated rings. The fourth-order valence-electron chi connectivity index (χ4n) is 1.65. The lowest BCUT2D eigenvalue weighted by Gasteiger charge is -2.26. The minimum absolute atomic E-state index is 0.172. The predicted octanol–water partition coefficient (Wildman–Crippen LogP) is 3.02. The molecule has 1 aromatic carbocycles. The topological polar surface area (TPSA) is 53.1 Å². The van der Waals surface area contributed by atoms with Crippen LogP contribution in [0, 0.1) is 11.2 Å². The first-order valence-corrected chi connectivity index (χ1v) is 6.29. The van der Waals surface area contributed by atoms with E-state index in [1.165, 1.54) is 12.1 Å². The van der Waals surface area contributed by atoms with Crippen molar-refractivity contribution in [2.24, 2.45) is 5.73 Å². The standard InChI is InChI=1S/C13H19ClFN3/c1-9(2)18(6-5-13(16)17)8-10-3-4-11(15)7-12(10)14/h3-4,7,9H,5-6,8H2,1-2H3,(H3,16,17). The maximum atomic E-state index is 13.0. The van der Waals surface area contributed by atoms with Crippen molar-refractivity contribution in [3.8, 4) is 0 Å². The van der Waals surface area contributed by atoms with E-state index in [4.69, 9.17) is 22.7 Å². The van der Waals surface area contributed by atoms with Crippen LogP contribution in [-0.2, 0) is 6.54 Å². The van der Waals surface area contributed by atoms with Gasteiger partial charge in [0, 0.05) is 30.6 Å². The predicted molar refractivity (Wildman–Crippen MR) is 73.5 cm³/mol. The summed E-state index contributed by atoms with van der Waals surface area (Å²) in [5, 5.41) is 7.69. The first-order chi connectivity index (χ1) is 8.40. The summed E-state index contributed by atoms with van der Waals surface area (Å²) in [6, 6.07) is 4.73. The van der Waals surface area contributed by atoms with Crippen molar-refractivity contribution < 1.29 is 4.39 Å². The van der Waals surface area contributed by atoms with E-state index in [9.17, 15) is 4.39 Å². The number of hydrogen-bond donors (Lipinski definition) is 2. The molecule has 0 aliphatic heterocycles. The summed E-state index contributed by atoms with van der Waals surface area (Å²) in [7, 11) is 0. The lowest BCUT2D eigenvalue weighted by molar-refractivity contribution is 0.219. The summed E-state index contributed by atoms with van der Waals surface area (Å²) in [5.41, 5.74) is 6.25. The number of benzene rings is 1. The van der Waals surface area contributed by atoms with Crippen molar-refractivity contribution in [1.29, 1.82) is 5.41 Å². The summed E-state index contributed by atoms with van der Waals surface area (Å²) in [4.78, 5) is 2.15. The Balaban J connectivity index is 2.73. The fraction of sp³-hybridized carbons (Fsp3) is 0.462. The van der Waals surface area contributed by atoms with Crippen molar-refractivity contribution in [2.45, 2.75) is 32.9 Å². The zero-order valence-corrected chi connectivity index (χ0v) is 11.5. The van der Waals surface area contributed by atoms with Gasteiger partial charge in [0.25, 0.3) is 0 Å². The van der Waals surface area contributed by atoms with Crippen LogP contribution in [0.3, 0.4) is 0 Å². The Hall–Kier alpha value is -1.13. The smallest absolute Gasteiger partial charge is 0.124 e. The van der Waals surface area contributed by atoms with Crippen LogP contribution in [0.25, 0.3) is 0 Å². The van der Waals surface area contributed by atoms with Gasteiger partial charge in [0.05, 0.1) is 5.84 Å². The first kappa shape index (κ1) is 14.9. The molecule has 0 spiro atoms. The number of nitrogens with two attached hydrogens (primary N) is 1. The first-order valence-electron chi connectivity index (χ1n) is 5.91. The van der Waals surface area contributed by atoms with Crippen LogP contribution in [-0.4, -0.2) is 23.3 Å². The number of amidine groups is 1. The molecular weight excluding hydrogens is 253 g/mol. The monoisotopic (exact) mass is 271 g/mol. The summed E-state index contributed by atoms with van der Waals surface area (Å²) >= 11 is 6.01. The molecule has 0 radical (unpaired) electrons. The van der Waals surface area contributed by atoms with Crippen molar-refractivity contribution in [1.82, 2.24) is 4.90 Å². The Kier molecular flexibility index (Phi) is 5.56. The summed E-state index contributed by atoms with van der Waals surface area (Å²) in [5.74, 6) is -0.158. The molecule has 0 amide bonds. The number of halogens is 2. The van der Waals surface area contributed by atoms with E-state index in [-0.39, 0.29) is 11.7 Å². The van der Waals surface area contributed by atoms with E-state index in [1.54, 1.807) is 6.07 Å². The van der Waals surface area contributed by atoms with Gasteiger partial charge in [-0.25, -0.2) is 4.39 Å². The molecule has 100 valence electrons. The molecule has 0 saturated heterocycles. The molecular formula is C13H19ClFN3. The van der Waals surface area contributed by atoms with E-state index in [1.807, 2.05) is 0 Å². The van der Waals surface area contributed by atoms with Gasteiger partial charge in [-0.3, -0.25) is 10.3 Å². The van der Waals surface area contributed by atoms with Crippen LogP contribution in [0.15, 0.2) is 18.2 Å². The molecule has 1 aromatic rings. The third kappa shape index (κ3) is 4.63. The highest BCUT2D eigenvalue weighted by Crippen LogP contribution is 2.20. The van der Waals surface area contributed by atoms with Gasteiger partial charge in [-0.1, -0.05) is 17.7 Å². The van der Waals surface area contributed by atoms with Gasteiger partial charge in [-0.2, -0.15) is 0 Å². The lowest BCUT2D eigenvalue weighted by atomic mass is 10.1. The van der Waals surface area contributed by atoms with Crippen LogP contribution in [0.2, 0.25) is 5.02 Å². The van der Waals surface area contributed by atoms with Crippen molar-refractivity contribution in [3.63, 3.8) is 0 Å². The average Bonchev–Trinajstić information content (AvgIpc) is 2.26. The van der Waals surface area contributed by atoms with Gasteiger partial charge >= 0.3 is 0 Å². The largest absolute Gasteiger partial charge is 0.388 e. The average molecular weight is 272 g/mol. The maximum absolute atomic E-state index is 13.0. The maximum Gasteiger partial charge on any atom is 0.124 e. The Morgan fingerprint density at radius 2 is 2.17 bits per heavy atom. The molecule has 5 heteroatoms. The molecule has 0 saturated carbocycles. The molecule has 0 aliphatic carbocycles. The third-order valence-corrected chi connectivity index (χ3v) is 3.14. The fourth-order valence-corrected chi connectivity index (χ4v) is 1.88. The SMILES string of the molecule is CC(C)N(CCC(=N)N)Cc1ccc(F)cc1Cl. The second kappa shape index (κ2) is 6.71. The molecule has 3 nitrogen and oxygen atoms in total. The molecule has 0 bridgehead atoms. The molecule has 0 atom stereocenters. The van der Waals surface area contributed by atoms with Gasteiger partial charge in [-0.15, -0.1) is 0 Å². The third-order valence-electron chi connectivity index (χ3n) is 2.79. The summed E-state index contributed by atoms with van der Waals surface area (Å²) in [6.45, 7) is 5.46. The summed E-state index contributed by atoms with van der Waals surface area (Å²) in [6.07, 6.45) is 0.525. The van der Waals surface area contributed by atoms with Crippen LogP contribution in [0.4, 0.5) is 4.39 Å². The zero-order valence-electron chi connectivity index (χ0n) is 10.7. The molecule has 3 N–H and O–H groups in total. The molecule has 0 aliphatic rings. The van der Waals surface area contributed by atoms with E-state index < -0.39 is 0 Å². The second-order valence-electron chi connectivity index (χ2n) is 4.58. The molecule has 0 aromatic heterocycles. The van der Waals surface area contributed by atoms with Crippen LogP contribution < -0.4 is 5.73 Å². The number of rotatable bonds is 6. The zero-order chi connectivity index (χ0) is 13.7. The van der Waals surface area contributed by atoms with Crippen molar-refractivity contribution in [3.05, 3.63) is 34.6 Å². The van der Waals surface area contributed by atoms with Crippen molar-refractivity contribution >= 4 is 17.4 Å². The van der Waals surface area contributed by atoms with Gasteiger partial charge in [-0.05, 0) is 31.5 Å². The molecule has 0 heterocycles. The molecule has 18 heavy (non-hydrogen) atoms. The van der Waals surface area contributed by atoms with Gasteiger partial charge < -0.3 is 5.73 Å². The van der Waals surface area contributed by atoms with Crippen LogP contribution in [0.1, 0.15) is 25.8 Å². The number of hydrogen-bond acceptors (Lipinski definition) is 2. The molecule has 1 rings (SSSR count). The Morgan fingerprint density at radius 3 is 2.67 bits per heavy atom. The van der Waals surface area contributed by atoms with E-state index in [2.05, 4.69) is 18.7 Å². The second-order valence-corrected chi connectivity index (χ2v) is 4.98. The van der Waals surface area contributed by atoms with Crippen LogP contribution in [0.5, 0.6) is 0 Å². The van der Waals surface area contributed by atoms with E-state index in [0.717, 1.165) is 5.56 Å². The minimum Gasteiger partial charge on any atom is -0.388 e. The minimum atomic E-state index is -0.330. The number of nitrogens with one attached hydrogen (secondary N) is 1. The Morgan fingerprint density at radius 1 is 1.50 bits per heavy atom. The highest BCUT2D eigenvalue weighted by atomic mass is 35.5. The lowest BCUT2D eigenvalue weighted by Crippen LogP contribution is -2.33.